The summed E-state index contributed by atoms with van der Waals surface area (Å²) in [5, 5.41) is 0. The number of unbranched alkanes of at least 4 members (excludes halogenated alkanes) is 1. The molecular weight excluding hydrogens is 434 g/mol. The summed E-state index contributed by atoms with van der Waals surface area (Å²) in [5.41, 5.74) is 2.12. The van der Waals surface area contributed by atoms with Crippen LogP contribution in [0.1, 0.15) is 24.0 Å². The third-order valence-corrected chi connectivity index (χ3v) is 6.53. The molecule has 6 nitrogen and oxygen atoms in total. The first kappa shape index (κ1) is 21.5. The van der Waals surface area contributed by atoms with Crippen LogP contribution in [0.3, 0.4) is 0 Å². The van der Waals surface area contributed by atoms with Crippen molar-refractivity contribution >= 4 is 34.2 Å². The van der Waals surface area contributed by atoms with Gasteiger partial charge in [-0.3, -0.25) is 9.69 Å². The smallest absolute Gasteiger partial charge is 0.266 e. The van der Waals surface area contributed by atoms with Crippen molar-refractivity contribution in [3.8, 4) is 23.0 Å². The van der Waals surface area contributed by atoms with Gasteiger partial charge in [-0.2, -0.15) is 0 Å². The quantitative estimate of drug-likeness (QED) is 0.324. The van der Waals surface area contributed by atoms with Crippen LogP contribution >= 0.6 is 24.0 Å². The van der Waals surface area contributed by atoms with Crippen LogP contribution in [0.2, 0.25) is 0 Å². The number of benzene rings is 2. The van der Waals surface area contributed by atoms with Crippen molar-refractivity contribution in [2.45, 2.75) is 25.8 Å². The number of hydrogen-bond acceptors (Lipinski definition) is 7. The number of aryl methyl sites for hydroxylation is 1. The number of hydrogen-bond donors (Lipinski definition) is 0. The van der Waals surface area contributed by atoms with E-state index >= 15 is 0 Å². The van der Waals surface area contributed by atoms with E-state index in [0.717, 1.165) is 42.1 Å². The van der Waals surface area contributed by atoms with Gasteiger partial charge >= 0.3 is 0 Å². The van der Waals surface area contributed by atoms with Gasteiger partial charge in [0.05, 0.1) is 25.7 Å². The van der Waals surface area contributed by atoms with E-state index in [1.165, 1.54) is 17.3 Å². The highest BCUT2D eigenvalue weighted by Gasteiger charge is 2.32. The number of nitrogens with zero attached hydrogens (tertiary/aromatic N) is 1. The van der Waals surface area contributed by atoms with Gasteiger partial charge in [-0.25, -0.2) is 0 Å². The first-order valence-electron chi connectivity index (χ1n) is 9.92. The van der Waals surface area contributed by atoms with Crippen LogP contribution in [0, 0.1) is 0 Å². The average molecular weight is 458 g/mol. The number of carbonyl (C=O) groups is 1. The summed E-state index contributed by atoms with van der Waals surface area (Å²) < 4.78 is 22.0. The SMILES string of the molecule is COc1ccc(CCC/C=C2\SC(=S)N(Cc3ccc4c(c3)OCO4)C2=O)cc1OC. The van der Waals surface area contributed by atoms with E-state index in [1.807, 2.05) is 42.5 Å². The molecule has 2 aromatic rings. The fraction of sp³-hybridized carbons (Fsp3) is 0.304. The highest BCUT2D eigenvalue weighted by atomic mass is 32.2. The van der Waals surface area contributed by atoms with Crippen molar-refractivity contribution in [2.75, 3.05) is 21.0 Å². The minimum atomic E-state index is -0.0428. The molecule has 0 bridgehead atoms. The molecule has 0 aromatic heterocycles. The number of allylic oxidation sites excluding steroid dienone is 1. The van der Waals surface area contributed by atoms with Crippen LogP contribution < -0.4 is 18.9 Å². The Morgan fingerprint density at radius 1 is 1.06 bits per heavy atom. The molecule has 0 saturated carbocycles. The van der Waals surface area contributed by atoms with Crippen LogP contribution in [0.25, 0.3) is 0 Å². The maximum absolute atomic E-state index is 12.8. The van der Waals surface area contributed by atoms with Crippen LogP contribution in [-0.2, 0) is 17.8 Å². The van der Waals surface area contributed by atoms with Gasteiger partial charge in [0.15, 0.2) is 23.0 Å². The van der Waals surface area contributed by atoms with Crippen molar-refractivity contribution in [1.82, 2.24) is 4.90 Å². The highest BCUT2D eigenvalue weighted by Crippen LogP contribution is 2.36. The zero-order valence-corrected chi connectivity index (χ0v) is 19.0. The van der Waals surface area contributed by atoms with Crippen LogP contribution in [0.15, 0.2) is 47.4 Å². The first-order chi connectivity index (χ1) is 15.1. The van der Waals surface area contributed by atoms with Crippen LogP contribution in [0.5, 0.6) is 23.0 Å². The Balaban J connectivity index is 1.33. The number of rotatable bonds is 8. The molecule has 1 amide bonds. The van der Waals surface area contributed by atoms with Crippen LogP contribution in [-0.4, -0.2) is 36.1 Å². The Labute approximate surface area is 191 Å². The minimum Gasteiger partial charge on any atom is -0.493 e. The number of ether oxygens (including phenoxy) is 4. The molecule has 4 rings (SSSR count). The molecule has 0 unspecified atom stereocenters. The van der Waals surface area contributed by atoms with Crippen LogP contribution in [0.4, 0.5) is 0 Å². The molecule has 0 radical (unpaired) electrons. The topological polar surface area (TPSA) is 57.2 Å². The molecule has 0 aliphatic carbocycles. The van der Waals surface area contributed by atoms with Gasteiger partial charge in [-0.15, -0.1) is 0 Å². The lowest BCUT2D eigenvalue weighted by Crippen LogP contribution is -2.27. The Hall–Kier alpha value is -2.71. The molecule has 2 aliphatic rings. The first-order valence-corrected chi connectivity index (χ1v) is 11.1. The number of thiocarbonyl (C=S) groups is 1. The van der Waals surface area contributed by atoms with Gasteiger partial charge in [0, 0.05) is 0 Å². The van der Waals surface area contributed by atoms with Gasteiger partial charge in [0.1, 0.15) is 4.32 Å². The molecule has 1 saturated heterocycles. The maximum Gasteiger partial charge on any atom is 0.266 e. The second-order valence-electron chi connectivity index (χ2n) is 7.10. The average Bonchev–Trinajstić information content (AvgIpc) is 3.36. The van der Waals surface area contributed by atoms with E-state index in [-0.39, 0.29) is 12.7 Å². The van der Waals surface area contributed by atoms with E-state index in [1.54, 1.807) is 19.1 Å². The summed E-state index contributed by atoms with van der Waals surface area (Å²) in [5.74, 6) is 2.83. The van der Waals surface area contributed by atoms with Gasteiger partial charge in [0.2, 0.25) is 6.79 Å². The van der Waals surface area contributed by atoms with Gasteiger partial charge in [0.25, 0.3) is 5.91 Å². The lowest BCUT2D eigenvalue weighted by Gasteiger charge is -2.14. The molecule has 0 atom stereocenters. The van der Waals surface area contributed by atoms with Crippen molar-refractivity contribution in [3.05, 3.63) is 58.5 Å². The summed E-state index contributed by atoms with van der Waals surface area (Å²) in [6.07, 6.45) is 4.58. The minimum absolute atomic E-state index is 0.0428. The number of thioether (sulfide) groups is 1. The fourth-order valence-corrected chi connectivity index (χ4v) is 4.73. The predicted molar refractivity (Wildman–Crippen MR) is 124 cm³/mol. The van der Waals surface area contributed by atoms with Crippen molar-refractivity contribution in [2.24, 2.45) is 0 Å². The molecule has 162 valence electrons. The molecule has 31 heavy (non-hydrogen) atoms. The number of fused-ring (bicyclic) bond motifs is 1. The third kappa shape index (κ3) is 4.80. The molecule has 0 spiro atoms. The van der Waals surface area contributed by atoms with E-state index < -0.39 is 0 Å². The Bertz CT molecular complexity index is 1040. The van der Waals surface area contributed by atoms with Crippen molar-refractivity contribution < 1.29 is 23.7 Å². The largest absolute Gasteiger partial charge is 0.493 e. The fourth-order valence-electron chi connectivity index (χ4n) is 3.47. The molecule has 0 N–H and O–H groups in total. The van der Waals surface area contributed by atoms with Crippen molar-refractivity contribution in [3.63, 3.8) is 0 Å². The molecule has 2 heterocycles. The van der Waals surface area contributed by atoms with E-state index in [0.29, 0.717) is 21.5 Å². The molecule has 8 heteroatoms. The number of methoxy groups -OCH3 is 2. The molecule has 1 fully saturated rings. The van der Waals surface area contributed by atoms with E-state index in [2.05, 4.69) is 0 Å². The summed E-state index contributed by atoms with van der Waals surface area (Å²) >= 11 is 6.81. The molecule has 2 aromatic carbocycles. The Morgan fingerprint density at radius 2 is 1.84 bits per heavy atom. The Morgan fingerprint density at radius 3 is 2.65 bits per heavy atom. The summed E-state index contributed by atoms with van der Waals surface area (Å²) in [6.45, 7) is 0.649. The molecule has 2 aliphatic heterocycles. The zero-order valence-electron chi connectivity index (χ0n) is 17.4. The summed E-state index contributed by atoms with van der Waals surface area (Å²) in [7, 11) is 3.26. The predicted octanol–water partition coefficient (Wildman–Crippen LogP) is 4.70. The standard InChI is InChI=1S/C23H23NO5S2/c1-26-17-9-7-15(11-19(17)27-2)5-3-4-6-21-22(25)24(23(30)31-21)13-16-8-10-18-20(12-16)29-14-28-18/h6-12H,3-5,13-14H2,1-2H3/b21-6-. The third-order valence-electron chi connectivity index (χ3n) is 5.10. The van der Waals surface area contributed by atoms with E-state index in [4.69, 9.17) is 31.2 Å². The van der Waals surface area contributed by atoms with Gasteiger partial charge in [-0.1, -0.05) is 42.2 Å². The van der Waals surface area contributed by atoms with Gasteiger partial charge in [-0.05, 0) is 54.7 Å². The highest BCUT2D eigenvalue weighted by molar-refractivity contribution is 8.26. The van der Waals surface area contributed by atoms with E-state index in [9.17, 15) is 4.79 Å². The number of carbonyl (C=O) groups excluding carboxylic acids is 1. The second-order valence-corrected chi connectivity index (χ2v) is 8.77. The monoisotopic (exact) mass is 457 g/mol. The van der Waals surface area contributed by atoms with Crippen molar-refractivity contribution in [1.29, 1.82) is 0 Å². The molecular formula is C23H23NO5S2. The summed E-state index contributed by atoms with van der Waals surface area (Å²) in [4.78, 5) is 15.2. The zero-order chi connectivity index (χ0) is 21.8. The normalized spacial score (nSPS) is 16.3. The lowest BCUT2D eigenvalue weighted by molar-refractivity contribution is -0.122. The Kier molecular flexibility index (Phi) is 6.67. The number of amides is 1. The second kappa shape index (κ2) is 9.62. The maximum atomic E-state index is 12.8. The lowest BCUT2D eigenvalue weighted by atomic mass is 10.1. The van der Waals surface area contributed by atoms with Gasteiger partial charge < -0.3 is 18.9 Å². The summed E-state index contributed by atoms with van der Waals surface area (Å²) in [6, 6.07) is 11.6.